The Bertz CT molecular complexity index is 477. The molecule has 1 saturated heterocycles. The van der Waals surface area contributed by atoms with E-state index in [1.807, 2.05) is 7.05 Å². The van der Waals surface area contributed by atoms with Crippen molar-refractivity contribution in [3.63, 3.8) is 0 Å². The van der Waals surface area contributed by atoms with E-state index < -0.39 is 11.6 Å². The Balaban J connectivity index is 0.00000220. The molecule has 0 bridgehead atoms. The Kier molecular flexibility index (Phi) is 7.05. The monoisotopic (exact) mass is 318 g/mol. The number of halogens is 3. The Morgan fingerprint density at radius 3 is 2.62 bits per heavy atom. The number of rotatable bonds is 4. The third-order valence-electron chi connectivity index (χ3n) is 3.83. The van der Waals surface area contributed by atoms with Crippen molar-refractivity contribution in [2.24, 2.45) is 5.92 Å². The molecule has 21 heavy (non-hydrogen) atoms. The quantitative estimate of drug-likeness (QED) is 0.924. The second kappa shape index (κ2) is 8.29. The fraction of sp³-hybridized carbons (Fsp3) is 0.533. The first-order chi connectivity index (χ1) is 9.61. The molecule has 1 heterocycles. The van der Waals surface area contributed by atoms with E-state index in [-0.39, 0.29) is 30.3 Å². The highest BCUT2D eigenvalue weighted by Gasteiger charge is 2.23. The van der Waals surface area contributed by atoms with Gasteiger partial charge in [-0.15, -0.1) is 12.4 Å². The van der Waals surface area contributed by atoms with Crippen LogP contribution < -0.4 is 5.32 Å². The largest absolute Gasteiger partial charge is 0.342 e. The zero-order valence-electron chi connectivity index (χ0n) is 12.1. The molecule has 118 valence electrons. The van der Waals surface area contributed by atoms with E-state index >= 15 is 0 Å². The van der Waals surface area contributed by atoms with Crippen LogP contribution in [0.2, 0.25) is 0 Å². The molecule has 0 unspecified atom stereocenters. The van der Waals surface area contributed by atoms with Crippen LogP contribution in [-0.2, 0) is 11.2 Å². The molecule has 1 aliphatic heterocycles. The van der Waals surface area contributed by atoms with Crippen molar-refractivity contribution in [1.82, 2.24) is 10.2 Å². The molecule has 0 atom stereocenters. The van der Waals surface area contributed by atoms with Gasteiger partial charge in [0, 0.05) is 18.7 Å². The summed E-state index contributed by atoms with van der Waals surface area (Å²) in [6.45, 7) is 2.35. The van der Waals surface area contributed by atoms with Crippen LogP contribution in [0.1, 0.15) is 18.4 Å². The molecule has 0 spiro atoms. The van der Waals surface area contributed by atoms with Crippen molar-refractivity contribution in [1.29, 1.82) is 0 Å². The standard InChI is InChI=1S/C15H20F2N2O.ClH/c1-18-10-11-5-7-19(8-6-11)14(20)9-12-3-2-4-13(16)15(12)17;/h2-4,11,18H,5-10H2,1H3;1H. The van der Waals surface area contributed by atoms with Crippen molar-refractivity contribution in [2.75, 3.05) is 26.7 Å². The van der Waals surface area contributed by atoms with Gasteiger partial charge in [-0.2, -0.15) is 0 Å². The average Bonchev–Trinajstić information content (AvgIpc) is 2.45. The van der Waals surface area contributed by atoms with Gasteiger partial charge in [0.15, 0.2) is 11.6 Å². The van der Waals surface area contributed by atoms with Gasteiger partial charge < -0.3 is 10.2 Å². The lowest BCUT2D eigenvalue weighted by molar-refractivity contribution is -0.131. The second-order valence-corrected chi connectivity index (χ2v) is 5.27. The van der Waals surface area contributed by atoms with Crippen molar-refractivity contribution >= 4 is 18.3 Å². The maximum atomic E-state index is 13.5. The van der Waals surface area contributed by atoms with Crippen molar-refractivity contribution < 1.29 is 13.6 Å². The molecule has 0 saturated carbocycles. The fourth-order valence-corrected chi connectivity index (χ4v) is 2.63. The molecule has 1 N–H and O–H groups in total. The summed E-state index contributed by atoms with van der Waals surface area (Å²) < 4.78 is 26.6. The third-order valence-corrected chi connectivity index (χ3v) is 3.83. The Morgan fingerprint density at radius 2 is 2.00 bits per heavy atom. The maximum absolute atomic E-state index is 13.5. The fourth-order valence-electron chi connectivity index (χ4n) is 2.63. The summed E-state index contributed by atoms with van der Waals surface area (Å²) in [5.74, 6) is -1.35. The Hall–Kier alpha value is -1.20. The summed E-state index contributed by atoms with van der Waals surface area (Å²) in [5, 5.41) is 3.14. The average molecular weight is 319 g/mol. The summed E-state index contributed by atoms with van der Waals surface area (Å²) >= 11 is 0. The van der Waals surface area contributed by atoms with Gasteiger partial charge in [0.05, 0.1) is 6.42 Å². The first kappa shape index (κ1) is 17.9. The number of hydrogen-bond acceptors (Lipinski definition) is 2. The van der Waals surface area contributed by atoms with E-state index in [1.165, 1.54) is 12.1 Å². The highest BCUT2D eigenvalue weighted by atomic mass is 35.5. The number of carbonyl (C=O) groups excluding carboxylic acids is 1. The number of nitrogens with zero attached hydrogens (tertiary/aromatic N) is 1. The highest BCUT2D eigenvalue weighted by Crippen LogP contribution is 2.18. The van der Waals surface area contributed by atoms with Crippen LogP contribution in [-0.4, -0.2) is 37.5 Å². The van der Waals surface area contributed by atoms with Crippen LogP contribution >= 0.6 is 12.4 Å². The molecule has 2 rings (SSSR count). The normalized spacial score (nSPS) is 15.7. The van der Waals surface area contributed by atoms with Gasteiger partial charge in [0.2, 0.25) is 5.91 Å². The number of carbonyl (C=O) groups is 1. The molecule has 1 aromatic carbocycles. The van der Waals surface area contributed by atoms with Crippen LogP contribution in [0, 0.1) is 17.6 Å². The van der Waals surface area contributed by atoms with Crippen LogP contribution in [0.5, 0.6) is 0 Å². The molecule has 6 heteroatoms. The highest BCUT2D eigenvalue weighted by molar-refractivity contribution is 5.85. The summed E-state index contributed by atoms with van der Waals surface area (Å²) in [5.41, 5.74) is 0.132. The molecule has 1 aromatic rings. The molecular formula is C15H21ClF2N2O. The summed E-state index contributed by atoms with van der Waals surface area (Å²) in [7, 11) is 1.92. The zero-order valence-corrected chi connectivity index (χ0v) is 12.9. The van der Waals surface area contributed by atoms with Gasteiger partial charge >= 0.3 is 0 Å². The molecule has 0 aromatic heterocycles. The van der Waals surface area contributed by atoms with Gasteiger partial charge in [-0.3, -0.25) is 4.79 Å². The van der Waals surface area contributed by atoms with E-state index in [0.29, 0.717) is 19.0 Å². The van der Waals surface area contributed by atoms with Gasteiger partial charge in [0.1, 0.15) is 0 Å². The first-order valence-electron chi connectivity index (χ1n) is 6.97. The number of piperidine rings is 1. The van der Waals surface area contributed by atoms with Crippen LogP contribution in [0.15, 0.2) is 18.2 Å². The topological polar surface area (TPSA) is 32.3 Å². The predicted molar refractivity (Wildman–Crippen MR) is 80.5 cm³/mol. The SMILES string of the molecule is CNCC1CCN(C(=O)Cc2cccc(F)c2F)CC1.Cl. The van der Waals surface area contributed by atoms with Gasteiger partial charge in [0.25, 0.3) is 0 Å². The Morgan fingerprint density at radius 1 is 1.33 bits per heavy atom. The Labute approximate surface area is 130 Å². The lowest BCUT2D eigenvalue weighted by atomic mass is 9.96. The number of amides is 1. The van der Waals surface area contributed by atoms with E-state index in [2.05, 4.69) is 5.32 Å². The molecular weight excluding hydrogens is 298 g/mol. The number of nitrogens with one attached hydrogen (secondary N) is 1. The first-order valence-corrected chi connectivity index (χ1v) is 6.97. The number of likely N-dealkylation sites (tertiary alicyclic amines) is 1. The molecule has 0 aliphatic carbocycles. The van der Waals surface area contributed by atoms with Crippen LogP contribution in [0.4, 0.5) is 8.78 Å². The van der Waals surface area contributed by atoms with E-state index in [0.717, 1.165) is 25.5 Å². The summed E-state index contributed by atoms with van der Waals surface area (Å²) in [6.07, 6.45) is 1.84. The molecule has 1 aliphatic rings. The maximum Gasteiger partial charge on any atom is 0.227 e. The minimum Gasteiger partial charge on any atom is -0.342 e. The van der Waals surface area contributed by atoms with Crippen molar-refractivity contribution in [2.45, 2.75) is 19.3 Å². The molecule has 1 fully saturated rings. The van der Waals surface area contributed by atoms with Crippen molar-refractivity contribution in [3.8, 4) is 0 Å². The molecule has 1 amide bonds. The third kappa shape index (κ3) is 4.64. The number of hydrogen-bond donors (Lipinski definition) is 1. The lowest BCUT2D eigenvalue weighted by Gasteiger charge is -2.32. The summed E-state index contributed by atoms with van der Waals surface area (Å²) in [4.78, 5) is 13.9. The van der Waals surface area contributed by atoms with E-state index in [9.17, 15) is 13.6 Å². The van der Waals surface area contributed by atoms with Crippen LogP contribution in [0.3, 0.4) is 0 Å². The van der Waals surface area contributed by atoms with Gasteiger partial charge in [-0.1, -0.05) is 12.1 Å². The minimum absolute atomic E-state index is 0. The molecule has 3 nitrogen and oxygen atoms in total. The van der Waals surface area contributed by atoms with Gasteiger partial charge in [-0.25, -0.2) is 8.78 Å². The van der Waals surface area contributed by atoms with E-state index in [1.54, 1.807) is 4.90 Å². The predicted octanol–water partition coefficient (Wildman–Crippen LogP) is 2.39. The smallest absolute Gasteiger partial charge is 0.227 e. The van der Waals surface area contributed by atoms with E-state index in [4.69, 9.17) is 0 Å². The molecule has 0 radical (unpaired) electrons. The van der Waals surface area contributed by atoms with Crippen molar-refractivity contribution in [3.05, 3.63) is 35.4 Å². The lowest BCUT2D eigenvalue weighted by Crippen LogP contribution is -2.41. The minimum atomic E-state index is -0.911. The summed E-state index contributed by atoms with van der Waals surface area (Å²) in [6, 6.07) is 3.96. The zero-order chi connectivity index (χ0) is 14.5. The second-order valence-electron chi connectivity index (χ2n) is 5.27. The number of benzene rings is 1. The van der Waals surface area contributed by atoms with Gasteiger partial charge in [-0.05, 0) is 38.4 Å². The van der Waals surface area contributed by atoms with Crippen LogP contribution in [0.25, 0.3) is 0 Å².